The Labute approximate surface area is 132 Å². The lowest BCUT2D eigenvalue weighted by molar-refractivity contribution is -0.137. The molecule has 2 rings (SSSR count). The van der Waals surface area contributed by atoms with E-state index in [2.05, 4.69) is 31.2 Å². The van der Waals surface area contributed by atoms with Crippen LogP contribution in [0.5, 0.6) is 0 Å². The lowest BCUT2D eigenvalue weighted by atomic mass is 10.2. The second-order valence-corrected chi connectivity index (χ2v) is 5.37. The van der Waals surface area contributed by atoms with Gasteiger partial charge in [-0.2, -0.15) is 13.2 Å². The van der Waals surface area contributed by atoms with Crippen LogP contribution in [0.3, 0.4) is 0 Å². The van der Waals surface area contributed by atoms with Gasteiger partial charge >= 0.3 is 6.18 Å². The molecule has 0 bridgehead atoms. The zero-order valence-corrected chi connectivity index (χ0v) is 13.1. The number of nitrogens with zero attached hydrogens (tertiary/aromatic N) is 2. The van der Waals surface area contributed by atoms with Gasteiger partial charge in [0.15, 0.2) is 0 Å². The third-order valence-electron chi connectivity index (χ3n) is 2.79. The summed E-state index contributed by atoms with van der Waals surface area (Å²) in [6.07, 6.45) is -2.60. The van der Waals surface area contributed by atoms with E-state index in [1.165, 1.54) is 12.4 Å². The molecular weight excluding hydrogens is 371 g/mol. The second kappa shape index (κ2) is 6.19. The Hall–Kier alpha value is -1.34. The van der Waals surface area contributed by atoms with Crippen LogP contribution in [0.2, 0.25) is 5.15 Å². The fourth-order valence-corrected chi connectivity index (χ4v) is 2.35. The van der Waals surface area contributed by atoms with Crippen molar-refractivity contribution in [3.63, 3.8) is 0 Å². The maximum absolute atomic E-state index is 12.8. The van der Waals surface area contributed by atoms with Gasteiger partial charge in [0.05, 0.1) is 11.3 Å². The summed E-state index contributed by atoms with van der Waals surface area (Å²) in [7, 11) is 0. The summed E-state index contributed by atoms with van der Waals surface area (Å²) in [6.45, 7) is 1.86. The van der Waals surface area contributed by atoms with Crippen molar-refractivity contribution in [3.8, 4) is 0 Å². The highest BCUT2D eigenvalue weighted by atomic mass is 79.9. The molecule has 0 fully saturated rings. The SMILES string of the molecule is CCc1c(Cl)ncnc1Nc1cc(C(F)(F)F)ccc1Br. The molecule has 1 aromatic heterocycles. The van der Waals surface area contributed by atoms with E-state index in [-0.39, 0.29) is 10.8 Å². The van der Waals surface area contributed by atoms with Gasteiger partial charge < -0.3 is 5.32 Å². The largest absolute Gasteiger partial charge is 0.416 e. The summed E-state index contributed by atoms with van der Waals surface area (Å²) in [5.74, 6) is 0.387. The fourth-order valence-electron chi connectivity index (χ4n) is 1.74. The van der Waals surface area contributed by atoms with E-state index < -0.39 is 11.7 Å². The zero-order chi connectivity index (χ0) is 15.6. The van der Waals surface area contributed by atoms with E-state index in [1.807, 2.05) is 6.92 Å². The number of alkyl halides is 3. The number of nitrogens with one attached hydrogen (secondary N) is 1. The fraction of sp³-hybridized carbons (Fsp3) is 0.231. The highest BCUT2D eigenvalue weighted by Gasteiger charge is 2.31. The van der Waals surface area contributed by atoms with Crippen LogP contribution in [0, 0.1) is 0 Å². The highest BCUT2D eigenvalue weighted by Crippen LogP contribution is 2.35. The normalized spacial score (nSPS) is 11.5. The topological polar surface area (TPSA) is 37.8 Å². The molecule has 0 spiro atoms. The quantitative estimate of drug-likeness (QED) is 0.742. The Morgan fingerprint density at radius 3 is 2.62 bits per heavy atom. The standard InChI is InChI=1S/C13H10BrClF3N3/c1-2-8-11(15)19-6-20-12(8)21-10-5-7(13(16,17)18)3-4-9(10)14/h3-6H,2H2,1H3,(H,19,20,21). The molecule has 0 aliphatic heterocycles. The van der Waals surface area contributed by atoms with Gasteiger partial charge in [0, 0.05) is 10.0 Å². The van der Waals surface area contributed by atoms with Crippen molar-refractivity contribution in [2.75, 3.05) is 5.32 Å². The van der Waals surface area contributed by atoms with Gasteiger partial charge in [0.1, 0.15) is 17.3 Å². The molecule has 0 amide bonds. The number of rotatable bonds is 3. The smallest absolute Gasteiger partial charge is 0.339 e. The molecule has 0 saturated carbocycles. The average Bonchev–Trinajstić information content (AvgIpc) is 2.40. The van der Waals surface area contributed by atoms with E-state index in [4.69, 9.17) is 11.6 Å². The van der Waals surface area contributed by atoms with Crippen LogP contribution >= 0.6 is 27.5 Å². The lowest BCUT2D eigenvalue weighted by Crippen LogP contribution is -2.07. The minimum Gasteiger partial charge on any atom is -0.339 e. The molecule has 112 valence electrons. The molecule has 0 unspecified atom stereocenters. The molecule has 21 heavy (non-hydrogen) atoms. The van der Waals surface area contributed by atoms with Gasteiger partial charge in [0.25, 0.3) is 0 Å². The van der Waals surface area contributed by atoms with Crippen LogP contribution in [-0.2, 0) is 12.6 Å². The summed E-state index contributed by atoms with van der Waals surface area (Å²) in [5, 5.41) is 3.14. The molecule has 0 atom stereocenters. The third-order valence-corrected chi connectivity index (χ3v) is 3.81. The monoisotopic (exact) mass is 379 g/mol. The number of aromatic nitrogens is 2. The van der Waals surface area contributed by atoms with E-state index in [1.54, 1.807) is 0 Å². The van der Waals surface area contributed by atoms with Crippen LogP contribution in [-0.4, -0.2) is 9.97 Å². The van der Waals surface area contributed by atoms with Gasteiger partial charge in [-0.05, 0) is 40.5 Å². The van der Waals surface area contributed by atoms with Crippen molar-refractivity contribution in [2.45, 2.75) is 19.5 Å². The van der Waals surface area contributed by atoms with Crippen LogP contribution in [0.25, 0.3) is 0 Å². The van der Waals surface area contributed by atoms with Crippen LogP contribution in [0.15, 0.2) is 29.0 Å². The molecule has 1 heterocycles. The number of hydrogen-bond donors (Lipinski definition) is 1. The van der Waals surface area contributed by atoms with Crippen molar-refractivity contribution >= 4 is 39.0 Å². The van der Waals surface area contributed by atoms with Gasteiger partial charge in [-0.1, -0.05) is 18.5 Å². The minimum absolute atomic E-state index is 0.259. The first-order chi connectivity index (χ1) is 9.82. The zero-order valence-electron chi connectivity index (χ0n) is 10.8. The first-order valence-corrected chi connectivity index (χ1v) is 7.13. The van der Waals surface area contributed by atoms with Gasteiger partial charge in [-0.15, -0.1) is 0 Å². The van der Waals surface area contributed by atoms with E-state index in [0.717, 1.165) is 12.1 Å². The molecule has 0 radical (unpaired) electrons. The van der Waals surface area contributed by atoms with Crippen molar-refractivity contribution in [3.05, 3.63) is 45.3 Å². The van der Waals surface area contributed by atoms with Gasteiger partial charge in [0.2, 0.25) is 0 Å². The third kappa shape index (κ3) is 3.65. The Balaban J connectivity index is 2.42. The van der Waals surface area contributed by atoms with Gasteiger partial charge in [-0.25, -0.2) is 9.97 Å². The van der Waals surface area contributed by atoms with Crippen LogP contribution in [0.1, 0.15) is 18.1 Å². The Morgan fingerprint density at radius 2 is 2.00 bits per heavy atom. The Morgan fingerprint density at radius 1 is 1.29 bits per heavy atom. The Bertz CT molecular complexity index is 662. The number of anilines is 2. The van der Waals surface area contributed by atoms with E-state index in [0.29, 0.717) is 22.3 Å². The summed E-state index contributed by atoms with van der Waals surface area (Å²) in [6, 6.07) is 3.35. The second-order valence-electron chi connectivity index (χ2n) is 4.16. The predicted octanol–water partition coefficient (Wildman–Crippen LogP) is 5.22. The molecule has 1 N–H and O–H groups in total. The predicted molar refractivity (Wildman–Crippen MR) is 78.8 cm³/mol. The van der Waals surface area contributed by atoms with E-state index in [9.17, 15) is 13.2 Å². The highest BCUT2D eigenvalue weighted by molar-refractivity contribution is 9.10. The van der Waals surface area contributed by atoms with Crippen molar-refractivity contribution < 1.29 is 13.2 Å². The molecule has 3 nitrogen and oxygen atoms in total. The molecular formula is C13H10BrClF3N3. The summed E-state index contributed by atoms with van der Waals surface area (Å²) in [4.78, 5) is 7.88. The van der Waals surface area contributed by atoms with Gasteiger partial charge in [-0.3, -0.25) is 0 Å². The van der Waals surface area contributed by atoms with Crippen molar-refractivity contribution in [2.24, 2.45) is 0 Å². The van der Waals surface area contributed by atoms with E-state index >= 15 is 0 Å². The molecule has 1 aromatic carbocycles. The number of benzene rings is 1. The minimum atomic E-state index is -4.41. The average molecular weight is 381 g/mol. The first-order valence-electron chi connectivity index (χ1n) is 5.96. The molecule has 8 heteroatoms. The first kappa shape index (κ1) is 16.0. The summed E-state index contributed by atoms with van der Waals surface area (Å²) < 4.78 is 38.8. The summed E-state index contributed by atoms with van der Waals surface area (Å²) >= 11 is 9.17. The maximum atomic E-state index is 12.8. The molecule has 2 aromatic rings. The lowest BCUT2D eigenvalue weighted by Gasteiger charge is -2.14. The van der Waals surface area contributed by atoms with Crippen molar-refractivity contribution in [1.29, 1.82) is 0 Å². The van der Waals surface area contributed by atoms with Crippen LogP contribution < -0.4 is 5.32 Å². The maximum Gasteiger partial charge on any atom is 0.416 e. The number of hydrogen-bond acceptors (Lipinski definition) is 3. The van der Waals surface area contributed by atoms with Crippen molar-refractivity contribution in [1.82, 2.24) is 9.97 Å². The molecule has 0 aliphatic rings. The molecule has 0 aliphatic carbocycles. The summed E-state index contributed by atoms with van der Waals surface area (Å²) in [5.41, 5.74) is 0.157. The molecule has 0 saturated heterocycles. The number of halogens is 5. The Kier molecular flexibility index (Phi) is 4.73. The van der Waals surface area contributed by atoms with Crippen LogP contribution in [0.4, 0.5) is 24.7 Å².